The minimum Gasteiger partial charge on any atom is -0.378 e. The molecule has 3 heteroatoms. The lowest BCUT2D eigenvalue weighted by atomic mass is 10.1. The Morgan fingerprint density at radius 1 is 1.27 bits per heavy atom. The third-order valence-corrected chi connectivity index (χ3v) is 4.61. The third-order valence-electron chi connectivity index (χ3n) is 3.37. The molecule has 15 heavy (non-hydrogen) atoms. The standard InChI is InChI=1S/C12H23NOS/c1-2-7-14-12(3-1)4-6-13-9-11-5-8-15-10-11/h11-13H,1-10H2. The lowest BCUT2D eigenvalue weighted by Crippen LogP contribution is -2.28. The van der Waals surface area contributed by atoms with Gasteiger partial charge in [-0.15, -0.1) is 0 Å². The van der Waals surface area contributed by atoms with Crippen LogP contribution in [0.4, 0.5) is 0 Å². The molecule has 0 saturated carbocycles. The molecule has 0 amide bonds. The van der Waals surface area contributed by atoms with Crippen molar-refractivity contribution in [2.75, 3.05) is 31.2 Å². The van der Waals surface area contributed by atoms with Gasteiger partial charge in [0.2, 0.25) is 0 Å². The summed E-state index contributed by atoms with van der Waals surface area (Å²) in [5.74, 6) is 3.67. The van der Waals surface area contributed by atoms with Crippen LogP contribution in [0.3, 0.4) is 0 Å². The molecular formula is C12H23NOS. The van der Waals surface area contributed by atoms with E-state index in [9.17, 15) is 0 Å². The molecule has 2 rings (SSSR count). The highest BCUT2D eigenvalue weighted by Crippen LogP contribution is 2.22. The van der Waals surface area contributed by atoms with E-state index in [4.69, 9.17) is 4.74 Å². The summed E-state index contributed by atoms with van der Waals surface area (Å²) in [5.41, 5.74) is 0. The molecule has 0 aliphatic carbocycles. The van der Waals surface area contributed by atoms with Gasteiger partial charge in [0.05, 0.1) is 6.10 Å². The van der Waals surface area contributed by atoms with Crippen molar-refractivity contribution in [3.8, 4) is 0 Å². The van der Waals surface area contributed by atoms with Crippen LogP contribution in [0, 0.1) is 5.92 Å². The molecular weight excluding hydrogens is 206 g/mol. The van der Waals surface area contributed by atoms with E-state index < -0.39 is 0 Å². The van der Waals surface area contributed by atoms with Crippen LogP contribution in [-0.4, -0.2) is 37.3 Å². The van der Waals surface area contributed by atoms with Crippen LogP contribution in [0.5, 0.6) is 0 Å². The summed E-state index contributed by atoms with van der Waals surface area (Å²) < 4.78 is 5.71. The summed E-state index contributed by atoms with van der Waals surface area (Å²) in [6.07, 6.45) is 7.08. The Bertz CT molecular complexity index is 165. The molecule has 2 fully saturated rings. The van der Waals surface area contributed by atoms with Crippen molar-refractivity contribution < 1.29 is 4.74 Å². The van der Waals surface area contributed by atoms with Crippen molar-refractivity contribution in [2.24, 2.45) is 5.92 Å². The van der Waals surface area contributed by atoms with Gasteiger partial charge in [0.1, 0.15) is 0 Å². The van der Waals surface area contributed by atoms with Crippen LogP contribution in [0.2, 0.25) is 0 Å². The van der Waals surface area contributed by atoms with E-state index in [1.165, 1.54) is 50.2 Å². The minimum absolute atomic E-state index is 0.546. The molecule has 2 nitrogen and oxygen atoms in total. The Hall–Kier alpha value is 0.270. The molecule has 2 saturated heterocycles. The fourth-order valence-corrected chi connectivity index (χ4v) is 3.63. The number of rotatable bonds is 5. The molecule has 2 aliphatic heterocycles. The van der Waals surface area contributed by atoms with Gasteiger partial charge in [-0.2, -0.15) is 11.8 Å². The van der Waals surface area contributed by atoms with Crippen LogP contribution in [-0.2, 0) is 4.74 Å². The number of nitrogens with one attached hydrogen (secondary N) is 1. The van der Waals surface area contributed by atoms with E-state index in [2.05, 4.69) is 17.1 Å². The summed E-state index contributed by atoms with van der Waals surface area (Å²) in [6.45, 7) is 3.36. The van der Waals surface area contributed by atoms with Gasteiger partial charge in [0.15, 0.2) is 0 Å². The number of hydrogen-bond acceptors (Lipinski definition) is 3. The van der Waals surface area contributed by atoms with Gasteiger partial charge in [-0.1, -0.05) is 0 Å². The van der Waals surface area contributed by atoms with Gasteiger partial charge >= 0.3 is 0 Å². The predicted molar refractivity (Wildman–Crippen MR) is 66.5 cm³/mol. The van der Waals surface area contributed by atoms with Crippen molar-refractivity contribution >= 4 is 11.8 Å². The molecule has 0 aromatic heterocycles. The second-order valence-corrected chi connectivity index (χ2v) is 5.86. The molecule has 0 aromatic rings. The zero-order chi connectivity index (χ0) is 10.3. The maximum atomic E-state index is 5.71. The number of thioether (sulfide) groups is 1. The van der Waals surface area contributed by atoms with E-state index in [-0.39, 0.29) is 0 Å². The summed E-state index contributed by atoms with van der Waals surface area (Å²) in [5, 5.41) is 3.58. The normalized spacial score (nSPS) is 32.0. The van der Waals surface area contributed by atoms with Gasteiger partial charge in [0.25, 0.3) is 0 Å². The zero-order valence-corrected chi connectivity index (χ0v) is 10.4. The van der Waals surface area contributed by atoms with Crippen LogP contribution in [0.1, 0.15) is 32.1 Å². The minimum atomic E-state index is 0.546. The van der Waals surface area contributed by atoms with E-state index in [1.807, 2.05) is 0 Å². The smallest absolute Gasteiger partial charge is 0.0587 e. The lowest BCUT2D eigenvalue weighted by Gasteiger charge is -2.22. The van der Waals surface area contributed by atoms with Gasteiger partial charge < -0.3 is 10.1 Å². The summed E-state index contributed by atoms with van der Waals surface area (Å²) in [4.78, 5) is 0. The first-order valence-electron chi connectivity index (χ1n) is 6.35. The van der Waals surface area contributed by atoms with Crippen LogP contribution >= 0.6 is 11.8 Å². The third kappa shape index (κ3) is 4.33. The zero-order valence-electron chi connectivity index (χ0n) is 9.54. The molecule has 0 aromatic carbocycles. The van der Waals surface area contributed by atoms with Crippen LogP contribution in [0.15, 0.2) is 0 Å². The van der Waals surface area contributed by atoms with Crippen molar-refractivity contribution in [3.63, 3.8) is 0 Å². The Kier molecular flexibility index (Phi) is 5.30. The van der Waals surface area contributed by atoms with Gasteiger partial charge in [-0.05, 0) is 62.6 Å². The molecule has 1 N–H and O–H groups in total. The topological polar surface area (TPSA) is 21.3 Å². The average molecular weight is 229 g/mol. The van der Waals surface area contributed by atoms with Crippen molar-refractivity contribution in [3.05, 3.63) is 0 Å². The average Bonchev–Trinajstić information content (AvgIpc) is 2.79. The fourth-order valence-electron chi connectivity index (χ4n) is 2.35. The predicted octanol–water partition coefficient (Wildman–Crippen LogP) is 2.29. The first-order valence-corrected chi connectivity index (χ1v) is 7.50. The maximum absolute atomic E-state index is 5.71. The van der Waals surface area contributed by atoms with E-state index in [0.29, 0.717) is 6.10 Å². The van der Waals surface area contributed by atoms with Gasteiger partial charge in [0, 0.05) is 6.61 Å². The van der Waals surface area contributed by atoms with Crippen LogP contribution < -0.4 is 5.32 Å². The van der Waals surface area contributed by atoms with Crippen molar-refractivity contribution in [1.82, 2.24) is 5.32 Å². The fraction of sp³-hybridized carbons (Fsp3) is 1.00. The summed E-state index contributed by atoms with van der Waals surface area (Å²) in [7, 11) is 0. The molecule has 2 unspecified atom stereocenters. The molecule has 88 valence electrons. The molecule has 0 spiro atoms. The van der Waals surface area contributed by atoms with Gasteiger partial charge in [-0.3, -0.25) is 0 Å². The molecule has 0 bridgehead atoms. The Balaban J connectivity index is 1.47. The number of ether oxygens (including phenoxy) is 1. The molecule has 2 atom stereocenters. The quantitative estimate of drug-likeness (QED) is 0.731. The molecule has 0 radical (unpaired) electrons. The van der Waals surface area contributed by atoms with E-state index >= 15 is 0 Å². The Morgan fingerprint density at radius 3 is 3.00 bits per heavy atom. The van der Waals surface area contributed by atoms with Crippen molar-refractivity contribution in [1.29, 1.82) is 0 Å². The Morgan fingerprint density at radius 2 is 2.27 bits per heavy atom. The first kappa shape index (κ1) is 11.7. The monoisotopic (exact) mass is 229 g/mol. The molecule has 2 aliphatic rings. The van der Waals surface area contributed by atoms with E-state index in [0.717, 1.165) is 19.1 Å². The largest absolute Gasteiger partial charge is 0.378 e. The lowest BCUT2D eigenvalue weighted by molar-refractivity contribution is 0.0115. The Labute approximate surface area is 97.5 Å². The molecule has 2 heterocycles. The highest BCUT2D eigenvalue weighted by atomic mass is 32.2. The maximum Gasteiger partial charge on any atom is 0.0587 e. The highest BCUT2D eigenvalue weighted by Gasteiger charge is 2.16. The van der Waals surface area contributed by atoms with Crippen LogP contribution in [0.25, 0.3) is 0 Å². The van der Waals surface area contributed by atoms with Crippen molar-refractivity contribution in [2.45, 2.75) is 38.2 Å². The summed E-state index contributed by atoms with van der Waals surface area (Å²) in [6, 6.07) is 0. The SMILES string of the molecule is C1CCC(CCNCC2CCSC2)OC1. The summed E-state index contributed by atoms with van der Waals surface area (Å²) >= 11 is 2.10. The van der Waals surface area contributed by atoms with Gasteiger partial charge in [-0.25, -0.2) is 0 Å². The first-order chi connectivity index (χ1) is 7.45. The number of hydrogen-bond donors (Lipinski definition) is 1. The second-order valence-electron chi connectivity index (χ2n) is 4.71. The van der Waals surface area contributed by atoms with E-state index in [1.54, 1.807) is 0 Å². The highest BCUT2D eigenvalue weighted by molar-refractivity contribution is 7.99. The second kappa shape index (κ2) is 6.77.